The zero-order valence-corrected chi connectivity index (χ0v) is 81.7. The van der Waals surface area contributed by atoms with E-state index >= 15 is 0 Å². The molecular weight excluding hydrogens is 1920 g/mol. The molecule has 6 aromatic rings. The number of rotatable bonds is 76. The first-order valence-electron chi connectivity index (χ1n) is 90.1. The van der Waals surface area contributed by atoms with Gasteiger partial charge >= 0.3 is 35.8 Å². The Morgan fingerprint density at radius 3 is 0.704 bits per heavy atom. The van der Waals surface area contributed by atoms with Crippen LogP contribution in [0.1, 0.15) is 603 Å². The summed E-state index contributed by atoms with van der Waals surface area (Å²) >= 11 is 0. The number of hydrogen-bond acceptors (Lipinski definition) is 18. The van der Waals surface area contributed by atoms with Gasteiger partial charge < -0.3 is 30.6 Å². The van der Waals surface area contributed by atoms with Crippen LogP contribution in [0, 0.1) is 0 Å². The standard InChI is InChI=1S/C23H38O4S.C19H30O4S.2C18H28O4S.2C17H26O4S/c1-2-3-4-5-6-7-8-9-10-11-12-13-16-19-28(26,27)20-21-17-14-15-18-22(21)23(24)25;1-2-3-4-5-6-7-8-9-12-15-24(22,23)16-17-13-10-11-14-18(17)19(20)21;2*1-2-3-4-5-6-7-8-11-14-23(21,22)15-16-12-9-10-13-17(16)18(19)20;2*1-2-3-4-5-6-7-10-13-22(20,21)14-15-11-8-9-12-16(15)17(18)19/h14-15,17-18H,2-13,16,19-20H2,1H3,(H,24,25);10-11,13-14H,2-9,12,15-16H2,1H3,(H,20,21);2*9-10,12-13H,2-8,11,14-15H2,1H3,(H,19,20);2*8-9,11-12H,2-7,10,13-14H2,1H3,(H,18,19)/i2D2,3D2,4D2,5D2,6D2,7D2,8D2,9D2,10D2,11D2,12D2,13D2,14D,15D,16D2,17D,18D,19D2;2D2,3D2,4D2,5D2,6D2,7D2,8D2,9D2,11D,12D2,15D2;2D2,3D2,4D2,5D2,6D2,7D2,8D2,9D,10D,11D2,12D,13D,14D2;2D2,3D2,4D2,5D2,6D2,7D2,8D2,11D2,14D2;8D,9D,11D,12D;13D. The van der Waals surface area contributed by atoms with E-state index in [0.717, 1.165) is 82.1 Å². The van der Waals surface area contributed by atoms with E-state index in [0.29, 0.717) is 46.6 Å². The maximum absolute atomic E-state index is 13.5. The van der Waals surface area contributed by atoms with E-state index in [-0.39, 0.29) is 28.2 Å². The fourth-order valence-corrected chi connectivity index (χ4v) is 16.2. The van der Waals surface area contributed by atoms with Crippen LogP contribution in [0.3, 0.4) is 0 Å². The Balaban J connectivity index is 0.00000147. The van der Waals surface area contributed by atoms with Gasteiger partial charge in [0, 0.05) is 117 Å². The summed E-state index contributed by atoms with van der Waals surface area (Å²) in [6.07, 6.45) is -160. The zero-order chi connectivity index (χ0) is 193. The predicted octanol–water partition coefficient (Wildman–Crippen LogP) is 28.2. The molecule has 30 heteroatoms. The van der Waals surface area contributed by atoms with Crippen molar-refractivity contribution < 1.29 is 244 Å². The summed E-state index contributed by atoms with van der Waals surface area (Å²) in [5.74, 6) is -19.1. The molecule has 0 aliphatic heterocycles. The second kappa shape index (κ2) is 80.0. The molecule has 0 radical (unpaired) electrons. The predicted molar refractivity (Wildman–Crippen MR) is 579 cm³/mol. The van der Waals surface area contributed by atoms with E-state index in [4.69, 9.17) is 139 Å². The second-order valence-corrected chi connectivity index (χ2v) is 37.7. The quantitative estimate of drug-likeness (QED) is 0.0193. The number of carboxylic acids is 6. The van der Waals surface area contributed by atoms with Crippen LogP contribution < -0.4 is 0 Å². The SMILES string of the molecule is [2H]C(CCCCCCCC)S(=O)(=O)Cc1ccccc1C(=O)O.[2H]C([2H])(C)C([2H])([2H])C([2H])([2H])C([2H])([2H])C([2H])([2H])C([2H])([2H])C([2H])([2H])C([2H])([2H])C([2H])([2H])S(=O)(=O)Cc1ccccc1C(=O)O.[2H]c1c([2H])c([2H])c(C(=O)O)c(CS(=O)(=O)C([2H])([2H])C([2H])([2H])C([2H])([2H])C([2H])([2H])C([2H])([2H])C([2H])([2H])C([2H])([2H])C([2H])([2H])C([2H])([2H])C([2H])([2H])C([2H])([2H])C([2H])([2H])C([2H])([2H])C([2H])([2H])C)c1[2H].[2H]c1c([2H])c([2H])c(C(=O)O)c(CS(=O)(=O)C([2H])([2H])C([2H])([2H])C([2H])([2H])C([2H])([2H])C([2H])([2H])C([2H])([2H])C([2H])([2H])C([2H])([2H])C([2H])([2H])C)c1[2H].[2H]c1c([2H])c([2H])c(C(=O)O)c(CS(=O)(=O)CCCCCCCCC)c1[2H].[2H]c1ccc(CS(=O)(=O)C([2H])([2H])C([2H])([2H])C([2H])([2H])C([2H])([2H])C([2H])([2H])C([2H])([2H])C([2H])([2H])C([2H])([2H])C([2H])([2H])C([2H])([2H])C)c(C(=O)O)c1. The van der Waals surface area contributed by atoms with Crippen molar-refractivity contribution in [2.75, 3.05) is 34.3 Å². The Morgan fingerprint density at radius 2 is 0.430 bits per heavy atom. The molecule has 24 nitrogen and oxygen atoms in total. The van der Waals surface area contributed by atoms with Crippen LogP contribution in [0.25, 0.3) is 0 Å². The minimum absolute atomic E-state index is 0.0113. The Kier molecular flexibility index (Phi) is 24.8. The van der Waals surface area contributed by atoms with Gasteiger partial charge in [-0.3, -0.25) is 0 Å². The summed E-state index contributed by atoms with van der Waals surface area (Å²) in [5.41, 5.74) is -29.0. The number of sulfone groups is 6. The molecule has 1 atom stereocenters. The van der Waals surface area contributed by atoms with Gasteiger partial charge in [0.25, 0.3) is 0 Å². The third kappa shape index (κ3) is 68.3. The molecule has 0 fully saturated rings. The first kappa shape index (κ1) is 43.9. The van der Waals surface area contributed by atoms with E-state index in [2.05, 4.69) is 13.8 Å². The molecule has 804 valence electrons. The molecule has 0 saturated heterocycles. The third-order valence-corrected chi connectivity index (χ3v) is 23.4. The summed E-state index contributed by atoms with van der Waals surface area (Å²) in [5, 5.41) is 55.9. The fourth-order valence-electron chi connectivity index (χ4n) is 9.83. The van der Waals surface area contributed by atoms with Crippen LogP contribution >= 0.6 is 0 Å². The van der Waals surface area contributed by atoms with Gasteiger partial charge in [0.15, 0.2) is 59.0 Å². The molecule has 6 N–H and O–H groups in total. The molecule has 6 aromatic carbocycles. The van der Waals surface area contributed by atoms with Gasteiger partial charge in [-0.05, 0) is 108 Å². The Morgan fingerprint density at radius 1 is 0.218 bits per heavy atom. The molecule has 0 aromatic heterocycles. The normalized spacial score (nSPS) is 26.2. The highest BCUT2D eigenvalue weighted by Crippen LogP contribution is 2.25. The molecule has 142 heavy (non-hydrogen) atoms. The first-order chi connectivity index (χ1) is 105. The van der Waals surface area contributed by atoms with Crippen molar-refractivity contribution in [2.45, 2.75) is 408 Å². The van der Waals surface area contributed by atoms with Crippen LogP contribution in [0.4, 0.5) is 0 Å². The average molecular weight is 2200 g/mol. The maximum atomic E-state index is 13.5. The summed E-state index contributed by atoms with van der Waals surface area (Å²) in [6.45, 7) is 5.98. The molecular formula is C112H176O24S6. The van der Waals surface area contributed by atoms with Gasteiger partial charge in [0.05, 0.1) is 120 Å². The van der Waals surface area contributed by atoms with Gasteiger partial charge in [0.1, 0.15) is 0 Å². The van der Waals surface area contributed by atoms with Crippen LogP contribution in [-0.4, -0.2) is 151 Å². The van der Waals surface area contributed by atoms with Gasteiger partial charge in [-0.25, -0.2) is 79.3 Å². The smallest absolute Gasteiger partial charge is 0.335 e. The van der Waals surface area contributed by atoms with E-state index in [1.54, 1.807) is 12.1 Å². The second-order valence-electron chi connectivity index (χ2n) is 26.7. The van der Waals surface area contributed by atoms with E-state index in [1.165, 1.54) is 43.5 Å². The van der Waals surface area contributed by atoms with Crippen molar-refractivity contribution in [1.82, 2.24) is 0 Å². The monoisotopic (exact) mass is 2200 g/mol. The number of unbranched alkanes of at least 4 members (excludes halogenated alkanes) is 11. The third-order valence-electron chi connectivity index (χ3n) is 15.9. The van der Waals surface area contributed by atoms with E-state index < -0.39 is 523 Å². The van der Waals surface area contributed by atoms with Crippen LogP contribution in [-0.2, 0) is 93.5 Å². The van der Waals surface area contributed by atoms with Crippen LogP contribution in [0.2, 0.25) is 0 Å². The Bertz CT molecular complexity index is 10300. The van der Waals surface area contributed by atoms with Gasteiger partial charge in [0.2, 0.25) is 0 Å². The van der Waals surface area contributed by atoms with E-state index in [9.17, 15) is 105 Å². The summed E-state index contributed by atoms with van der Waals surface area (Å²) in [6, 6.07) is -0.652. The largest absolute Gasteiger partial charge is 0.478 e. The van der Waals surface area contributed by atoms with Crippen LogP contribution in [0.5, 0.6) is 0 Å². The average Bonchev–Trinajstić information content (AvgIpc) is 0.681. The van der Waals surface area contributed by atoms with Crippen molar-refractivity contribution in [3.05, 3.63) is 212 Å². The minimum atomic E-state index is -6.27. The lowest BCUT2D eigenvalue weighted by molar-refractivity contribution is 0.0685. The van der Waals surface area contributed by atoms with E-state index in [1.807, 2.05) is 0 Å². The number of aromatic carboxylic acids is 6. The summed E-state index contributed by atoms with van der Waals surface area (Å²) < 4.78 is 937. The highest BCUT2D eigenvalue weighted by atomic mass is 32.2. The number of carbonyl (C=O) groups is 6. The number of benzene rings is 6. The molecule has 0 saturated carbocycles. The molecule has 0 spiro atoms. The van der Waals surface area contributed by atoms with Crippen LogP contribution in [0.15, 0.2) is 145 Å². The molecule has 0 aliphatic rings. The maximum Gasteiger partial charge on any atom is 0.335 e. The summed E-state index contributed by atoms with van der Waals surface area (Å²) in [7, 11) is -31.1. The summed E-state index contributed by atoms with van der Waals surface area (Å²) in [4.78, 5) is 69.1. The number of hydrogen-bond donors (Lipinski definition) is 6. The lowest BCUT2D eigenvalue weighted by Crippen LogP contribution is -2.12. The highest BCUT2D eigenvalue weighted by Gasteiger charge is 2.24. The molecule has 0 amide bonds. The molecule has 6 rings (SSSR count). The van der Waals surface area contributed by atoms with Gasteiger partial charge in [-0.2, -0.15) is 0 Å². The molecule has 0 bridgehead atoms. The van der Waals surface area contributed by atoms with Crippen molar-refractivity contribution >= 4 is 94.8 Å². The molecule has 0 aliphatic carbocycles. The number of carboxylic acid groups (broad SMARTS) is 6. The van der Waals surface area contributed by atoms with Crippen molar-refractivity contribution in [1.29, 1.82) is 0 Å². The minimum Gasteiger partial charge on any atom is -0.478 e. The van der Waals surface area contributed by atoms with Crippen molar-refractivity contribution in [2.24, 2.45) is 0 Å². The van der Waals surface area contributed by atoms with Crippen molar-refractivity contribution in [3.8, 4) is 0 Å². The highest BCUT2D eigenvalue weighted by molar-refractivity contribution is 7.92. The van der Waals surface area contributed by atoms with Gasteiger partial charge in [-0.15, -0.1) is 0 Å². The first-order valence-corrected chi connectivity index (χ1v) is 51.1. The zero-order valence-electron chi connectivity index (χ0n) is 175. The molecule has 0 heterocycles. The van der Waals surface area contributed by atoms with Gasteiger partial charge in [-0.1, -0.05) is 444 Å². The Labute approximate surface area is 993 Å². The lowest BCUT2D eigenvalue weighted by Gasteiger charge is -2.07. The Hall–Kier alpha value is -8.16. The molecule has 1 unspecified atom stereocenters. The fraction of sp³-hybridized carbons (Fsp3) is 0.625. The topological polar surface area (TPSA) is 429 Å². The van der Waals surface area contributed by atoms with Crippen molar-refractivity contribution in [3.63, 3.8) is 0 Å². The lowest BCUT2D eigenvalue weighted by atomic mass is 10.1.